The largest absolute Gasteiger partial charge is 0.511 e. The van der Waals surface area contributed by atoms with Gasteiger partial charge in [0.05, 0.1) is 0 Å². The van der Waals surface area contributed by atoms with E-state index in [1.165, 1.54) is 47.9 Å². The van der Waals surface area contributed by atoms with Gasteiger partial charge in [0, 0.05) is 9.89 Å². The van der Waals surface area contributed by atoms with Crippen LogP contribution in [0.3, 0.4) is 0 Å². The Hall–Kier alpha value is -0.760. The van der Waals surface area contributed by atoms with Gasteiger partial charge in [0.15, 0.2) is 0 Å². The molecule has 0 bridgehead atoms. The van der Waals surface area contributed by atoms with Crippen molar-refractivity contribution in [1.82, 2.24) is 0 Å². The van der Waals surface area contributed by atoms with E-state index in [9.17, 15) is 5.11 Å². The first-order valence-corrected chi connectivity index (χ1v) is 8.03. The highest BCUT2D eigenvalue weighted by Crippen LogP contribution is 2.55. The van der Waals surface area contributed by atoms with Crippen LogP contribution in [0.1, 0.15) is 55.2 Å². The number of benzene rings is 1. The predicted octanol–water partition coefficient (Wildman–Crippen LogP) is 5.69. The van der Waals surface area contributed by atoms with Crippen molar-refractivity contribution in [3.8, 4) is 0 Å². The smallest absolute Gasteiger partial charge is 0.102 e. The fourth-order valence-electron chi connectivity index (χ4n) is 3.99. The first-order chi connectivity index (χ1) is 9.05. The van der Waals surface area contributed by atoms with Crippen LogP contribution in [0, 0.1) is 19.3 Å². The van der Waals surface area contributed by atoms with Crippen LogP contribution in [0.15, 0.2) is 22.4 Å². The third-order valence-electron chi connectivity index (χ3n) is 5.11. The van der Waals surface area contributed by atoms with Crippen molar-refractivity contribution >= 4 is 21.5 Å². The lowest BCUT2D eigenvalue weighted by molar-refractivity contribution is 0.231. The van der Waals surface area contributed by atoms with Gasteiger partial charge in [-0.15, -0.1) is 0 Å². The zero-order valence-corrected chi connectivity index (χ0v) is 13.3. The van der Waals surface area contributed by atoms with E-state index in [1.807, 2.05) is 0 Å². The summed E-state index contributed by atoms with van der Waals surface area (Å²) in [7, 11) is 0. The summed E-state index contributed by atoms with van der Waals surface area (Å²) < 4.78 is 1.14. The van der Waals surface area contributed by atoms with Gasteiger partial charge in [0.2, 0.25) is 0 Å². The molecular formula is C17H21BrO. The molecule has 2 aliphatic rings. The van der Waals surface area contributed by atoms with Crippen LogP contribution in [0.5, 0.6) is 0 Å². The molecule has 102 valence electrons. The molecule has 1 aromatic carbocycles. The predicted molar refractivity (Wildman–Crippen MR) is 83.3 cm³/mol. The summed E-state index contributed by atoms with van der Waals surface area (Å²) in [5.41, 5.74) is 5.14. The quantitative estimate of drug-likeness (QED) is 0.704. The zero-order chi connectivity index (χ0) is 13.6. The molecule has 2 heteroatoms. The minimum Gasteiger partial charge on any atom is -0.511 e. The molecule has 1 aromatic rings. The lowest BCUT2D eigenvalue weighted by atomic mass is 9.84. The van der Waals surface area contributed by atoms with Crippen molar-refractivity contribution in [3.63, 3.8) is 0 Å². The lowest BCUT2D eigenvalue weighted by Crippen LogP contribution is -2.14. The monoisotopic (exact) mass is 320 g/mol. The van der Waals surface area contributed by atoms with Gasteiger partial charge in [-0.2, -0.15) is 0 Å². The lowest BCUT2D eigenvalue weighted by Gasteiger charge is -2.23. The molecule has 1 fully saturated rings. The highest BCUT2D eigenvalue weighted by molar-refractivity contribution is 9.10. The van der Waals surface area contributed by atoms with Gasteiger partial charge in [-0.3, -0.25) is 0 Å². The molecule has 0 atom stereocenters. The van der Waals surface area contributed by atoms with Gasteiger partial charge in [-0.1, -0.05) is 34.8 Å². The molecule has 1 saturated carbocycles. The summed E-state index contributed by atoms with van der Waals surface area (Å²) >= 11 is 3.62. The third kappa shape index (κ3) is 1.96. The highest BCUT2D eigenvalue weighted by atomic mass is 79.9. The van der Waals surface area contributed by atoms with Crippen LogP contribution >= 0.6 is 15.9 Å². The average Bonchev–Trinajstić information content (AvgIpc) is 2.98. The Morgan fingerprint density at radius 2 is 1.79 bits per heavy atom. The van der Waals surface area contributed by atoms with Gasteiger partial charge < -0.3 is 5.11 Å². The molecule has 0 unspecified atom stereocenters. The molecule has 1 N–H and O–H groups in total. The molecule has 0 heterocycles. The van der Waals surface area contributed by atoms with E-state index in [2.05, 4.69) is 41.9 Å². The van der Waals surface area contributed by atoms with Crippen molar-refractivity contribution in [3.05, 3.63) is 39.1 Å². The van der Waals surface area contributed by atoms with Crippen LogP contribution in [0.2, 0.25) is 0 Å². The fraction of sp³-hybridized carbons (Fsp3) is 0.529. The summed E-state index contributed by atoms with van der Waals surface area (Å²) in [6, 6.07) is 4.25. The third-order valence-corrected chi connectivity index (χ3v) is 5.97. The second-order valence-electron chi connectivity index (χ2n) is 6.18. The molecule has 3 rings (SSSR count). The van der Waals surface area contributed by atoms with Gasteiger partial charge >= 0.3 is 0 Å². The highest BCUT2D eigenvalue weighted by Gasteiger charge is 2.43. The van der Waals surface area contributed by atoms with Crippen LogP contribution in [0.4, 0.5) is 0 Å². The maximum absolute atomic E-state index is 10.8. The molecule has 0 amide bonds. The summed E-state index contributed by atoms with van der Waals surface area (Å²) in [6.07, 6.45) is 7.06. The molecule has 2 aliphatic carbocycles. The fourth-order valence-corrected chi connectivity index (χ4v) is 4.32. The molecule has 1 spiro atoms. The normalized spacial score (nSPS) is 21.6. The standard InChI is InChI=1S/C17H21BrO/c1-11-5-6-14(18)12(2)15(11)13-7-10-17(16(13)19)8-3-4-9-17/h5-6,19H,3-4,7-10H2,1-2H3. The van der Waals surface area contributed by atoms with Gasteiger partial charge in [-0.05, 0) is 67.9 Å². The Balaban J connectivity index is 2.13. The van der Waals surface area contributed by atoms with E-state index >= 15 is 0 Å². The van der Waals surface area contributed by atoms with E-state index in [4.69, 9.17) is 0 Å². The Morgan fingerprint density at radius 1 is 1.11 bits per heavy atom. The van der Waals surface area contributed by atoms with Crippen molar-refractivity contribution in [2.75, 3.05) is 0 Å². The number of allylic oxidation sites excluding steroid dienone is 2. The van der Waals surface area contributed by atoms with E-state index in [0.29, 0.717) is 5.76 Å². The molecule has 1 nitrogen and oxygen atoms in total. The topological polar surface area (TPSA) is 20.2 Å². The van der Waals surface area contributed by atoms with Gasteiger partial charge in [-0.25, -0.2) is 0 Å². The number of aliphatic hydroxyl groups is 1. The molecule has 19 heavy (non-hydrogen) atoms. The maximum atomic E-state index is 10.8. The van der Waals surface area contributed by atoms with Crippen LogP contribution in [-0.4, -0.2) is 5.11 Å². The van der Waals surface area contributed by atoms with Crippen molar-refractivity contribution < 1.29 is 5.11 Å². The number of aliphatic hydroxyl groups excluding tert-OH is 1. The van der Waals surface area contributed by atoms with Crippen molar-refractivity contribution in [2.45, 2.75) is 52.4 Å². The zero-order valence-electron chi connectivity index (χ0n) is 11.7. The van der Waals surface area contributed by atoms with E-state index in [-0.39, 0.29) is 5.41 Å². The van der Waals surface area contributed by atoms with Crippen molar-refractivity contribution in [2.24, 2.45) is 5.41 Å². The second kappa shape index (κ2) is 4.66. The van der Waals surface area contributed by atoms with Crippen molar-refractivity contribution in [1.29, 1.82) is 0 Å². The van der Waals surface area contributed by atoms with E-state index in [0.717, 1.165) is 17.3 Å². The van der Waals surface area contributed by atoms with E-state index in [1.54, 1.807) is 0 Å². The minimum absolute atomic E-state index is 0.122. The first kappa shape index (κ1) is 13.2. The Kier molecular flexibility index (Phi) is 3.24. The minimum atomic E-state index is 0.122. The number of halogens is 1. The SMILES string of the molecule is Cc1ccc(Br)c(C)c1C1=C(O)C2(CCCC2)CC1. The van der Waals surface area contributed by atoms with Crippen LogP contribution < -0.4 is 0 Å². The van der Waals surface area contributed by atoms with Gasteiger partial charge in [0.1, 0.15) is 5.76 Å². The first-order valence-electron chi connectivity index (χ1n) is 7.24. The number of rotatable bonds is 1. The molecule has 0 aliphatic heterocycles. The maximum Gasteiger partial charge on any atom is 0.102 e. The summed E-state index contributed by atoms with van der Waals surface area (Å²) in [6.45, 7) is 4.29. The Morgan fingerprint density at radius 3 is 2.47 bits per heavy atom. The molecule has 0 aromatic heterocycles. The van der Waals surface area contributed by atoms with E-state index < -0.39 is 0 Å². The van der Waals surface area contributed by atoms with Crippen LogP contribution in [-0.2, 0) is 0 Å². The van der Waals surface area contributed by atoms with Crippen LogP contribution in [0.25, 0.3) is 5.57 Å². The summed E-state index contributed by atoms with van der Waals surface area (Å²) in [5, 5.41) is 10.8. The average molecular weight is 321 g/mol. The number of hydrogen-bond acceptors (Lipinski definition) is 1. The Labute approximate surface area is 123 Å². The summed E-state index contributed by atoms with van der Waals surface area (Å²) in [5.74, 6) is 0.703. The molecular weight excluding hydrogens is 300 g/mol. The van der Waals surface area contributed by atoms with Gasteiger partial charge in [0.25, 0.3) is 0 Å². The number of aryl methyl sites for hydroxylation is 1. The number of hydrogen-bond donors (Lipinski definition) is 1. The summed E-state index contributed by atoms with van der Waals surface area (Å²) in [4.78, 5) is 0. The molecule has 0 radical (unpaired) electrons. The second-order valence-corrected chi connectivity index (χ2v) is 7.03. The molecule has 0 saturated heterocycles. The Bertz CT molecular complexity index is 551.